The lowest BCUT2D eigenvalue weighted by Gasteiger charge is -1.92. The molecule has 0 aliphatic carbocycles. The molecule has 0 saturated carbocycles. The maximum absolute atomic E-state index is 3.97. The Morgan fingerprint density at radius 3 is 2.90 bits per heavy atom. The predicted molar refractivity (Wildman–Crippen MR) is 39.8 cm³/mol. The number of hydrogen-bond donors (Lipinski definition) is 0. The topological polar surface area (TPSA) is 27.0 Å². The zero-order valence-corrected chi connectivity index (χ0v) is 5.70. The molecule has 0 aliphatic rings. The van der Waals surface area contributed by atoms with Crippen LogP contribution in [-0.2, 0) is 0 Å². The van der Waals surface area contributed by atoms with Gasteiger partial charge in [0.2, 0.25) is 0 Å². The maximum atomic E-state index is 3.97. The average molecular weight is 131 g/mol. The highest BCUT2D eigenvalue weighted by atomic mass is 15.1. The third-order valence-electron chi connectivity index (χ3n) is 1.60. The fourth-order valence-electron chi connectivity index (χ4n) is 1.05. The largest absolute Gasteiger partial charge is 0.575 e. The van der Waals surface area contributed by atoms with E-state index in [9.17, 15) is 0 Å². The van der Waals surface area contributed by atoms with Crippen LogP contribution in [-0.4, -0.2) is 5.10 Å². The first-order valence-electron chi connectivity index (χ1n) is 3.22. The zero-order chi connectivity index (χ0) is 6.97. The van der Waals surface area contributed by atoms with Gasteiger partial charge in [0.15, 0.2) is 0 Å². The Hall–Kier alpha value is -1.31. The molecule has 0 bridgehead atoms. The molecule has 0 fully saturated rings. The minimum Gasteiger partial charge on any atom is -0.575 e. The number of aryl methyl sites for hydroxylation is 1. The molecule has 50 valence electrons. The first kappa shape index (κ1) is 5.47. The number of benzene rings is 1. The fraction of sp³-hybridized carbons (Fsp3) is 0.125. The van der Waals surface area contributed by atoms with Gasteiger partial charge >= 0.3 is 0 Å². The molecule has 0 amide bonds. The van der Waals surface area contributed by atoms with Gasteiger partial charge in [-0.15, -0.1) is 5.52 Å². The van der Waals surface area contributed by atoms with Gasteiger partial charge in [-0.3, -0.25) is 0 Å². The van der Waals surface area contributed by atoms with E-state index in [1.165, 1.54) is 0 Å². The van der Waals surface area contributed by atoms with Gasteiger partial charge < -0.3 is 10.2 Å². The van der Waals surface area contributed by atoms with Crippen molar-refractivity contribution >= 4 is 10.9 Å². The number of fused-ring (bicyclic) bond motifs is 1. The fourth-order valence-corrected chi connectivity index (χ4v) is 1.05. The monoisotopic (exact) mass is 131 g/mol. The van der Waals surface area contributed by atoms with Crippen LogP contribution in [0.3, 0.4) is 0 Å². The van der Waals surface area contributed by atoms with Crippen LogP contribution in [0.2, 0.25) is 0 Å². The maximum Gasteiger partial charge on any atom is 0.0208 e. The van der Waals surface area contributed by atoms with E-state index in [0.717, 1.165) is 16.6 Å². The summed E-state index contributed by atoms with van der Waals surface area (Å²) in [4.78, 5) is 0. The standard InChI is InChI=1S/C8H7N2/c1-6-7-4-2-3-5-8(7)10-9-6/h2-5H,1H3/q-1. The van der Waals surface area contributed by atoms with E-state index in [2.05, 4.69) is 10.2 Å². The van der Waals surface area contributed by atoms with Crippen LogP contribution >= 0.6 is 0 Å². The van der Waals surface area contributed by atoms with Crippen LogP contribution in [0.4, 0.5) is 0 Å². The summed E-state index contributed by atoms with van der Waals surface area (Å²) in [6.45, 7) is 1.97. The van der Waals surface area contributed by atoms with Gasteiger partial charge in [0.1, 0.15) is 0 Å². The van der Waals surface area contributed by atoms with Gasteiger partial charge in [-0.1, -0.05) is 24.3 Å². The number of aromatic nitrogens is 2. The molecule has 1 aromatic heterocycles. The molecule has 1 heterocycles. The minimum absolute atomic E-state index is 0.986. The first-order chi connectivity index (χ1) is 4.88. The van der Waals surface area contributed by atoms with E-state index in [4.69, 9.17) is 0 Å². The number of rotatable bonds is 0. The first-order valence-corrected chi connectivity index (χ1v) is 3.22. The van der Waals surface area contributed by atoms with Crippen LogP contribution in [0.5, 0.6) is 0 Å². The lowest BCUT2D eigenvalue weighted by Crippen LogP contribution is -1.70. The number of hydrogen-bond acceptors (Lipinski definition) is 1. The Bertz CT molecular complexity index is 349. The molecule has 0 atom stereocenters. The molecule has 2 heteroatoms. The van der Waals surface area contributed by atoms with Crippen molar-refractivity contribution in [3.8, 4) is 0 Å². The highest BCUT2D eigenvalue weighted by Gasteiger charge is 1.88. The van der Waals surface area contributed by atoms with E-state index >= 15 is 0 Å². The quantitative estimate of drug-likeness (QED) is 0.541. The second-order valence-electron chi connectivity index (χ2n) is 2.30. The molecular weight excluding hydrogens is 124 g/mol. The van der Waals surface area contributed by atoms with E-state index < -0.39 is 0 Å². The van der Waals surface area contributed by atoms with Crippen molar-refractivity contribution < 1.29 is 0 Å². The SMILES string of the molecule is Cc1n[n-]c2ccccc12. The molecule has 0 N–H and O–H groups in total. The number of nitrogens with zero attached hydrogens (tertiary/aromatic N) is 2. The summed E-state index contributed by atoms with van der Waals surface area (Å²) < 4.78 is 0. The smallest absolute Gasteiger partial charge is 0.0208 e. The lowest BCUT2D eigenvalue weighted by molar-refractivity contribution is 1.04. The molecule has 0 aliphatic heterocycles. The summed E-state index contributed by atoms with van der Waals surface area (Å²) in [5, 5.41) is 9.07. The molecule has 2 nitrogen and oxygen atoms in total. The van der Waals surface area contributed by atoms with E-state index in [1.807, 2.05) is 31.2 Å². The Balaban J connectivity index is 2.93. The second-order valence-corrected chi connectivity index (χ2v) is 2.30. The average Bonchev–Trinajstić information content (AvgIpc) is 2.34. The van der Waals surface area contributed by atoms with Crippen LogP contribution in [0.25, 0.3) is 10.9 Å². The van der Waals surface area contributed by atoms with Gasteiger partial charge in [-0.2, -0.15) is 0 Å². The van der Waals surface area contributed by atoms with Crippen LogP contribution in [0.1, 0.15) is 5.69 Å². The van der Waals surface area contributed by atoms with Crippen molar-refractivity contribution in [2.75, 3.05) is 0 Å². The van der Waals surface area contributed by atoms with Gasteiger partial charge in [-0.25, -0.2) is 0 Å². The van der Waals surface area contributed by atoms with Crippen LogP contribution in [0, 0.1) is 6.92 Å². The Labute approximate surface area is 58.9 Å². The van der Waals surface area contributed by atoms with E-state index in [-0.39, 0.29) is 0 Å². The van der Waals surface area contributed by atoms with Crippen LogP contribution < -0.4 is 5.10 Å². The van der Waals surface area contributed by atoms with Crippen molar-refractivity contribution in [3.05, 3.63) is 30.0 Å². The summed E-state index contributed by atoms with van der Waals surface area (Å²) in [5.74, 6) is 0. The van der Waals surface area contributed by atoms with Gasteiger partial charge in [0, 0.05) is 5.69 Å². The van der Waals surface area contributed by atoms with Crippen molar-refractivity contribution in [2.24, 2.45) is 0 Å². The molecule has 10 heavy (non-hydrogen) atoms. The summed E-state index contributed by atoms with van der Waals surface area (Å²) in [5.41, 5.74) is 2.00. The van der Waals surface area contributed by atoms with Gasteiger partial charge in [0.05, 0.1) is 0 Å². The van der Waals surface area contributed by atoms with Gasteiger partial charge in [0.25, 0.3) is 0 Å². The molecule has 0 radical (unpaired) electrons. The van der Waals surface area contributed by atoms with Gasteiger partial charge in [-0.05, 0) is 12.3 Å². The predicted octanol–water partition coefficient (Wildman–Crippen LogP) is 1.50. The molecule has 0 spiro atoms. The lowest BCUT2D eigenvalue weighted by atomic mass is 10.2. The zero-order valence-electron chi connectivity index (χ0n) is 5.70. The summed E-state index contributed by atoms with van der Waals surface area (Å²) in [6.07, 6.45) is 0. The Morgan fingerprint density at radius 1 is 1.30 bits per heavy atom. The van der Waals surface area contributed by atoms with Crippen LogP contribution in [0.15, 0.2) is 24.3 Å². The van der Waals surface area contributed by atoms with Crippen molar-refractivity contribution in [1.29, 1.82) is 0 Å². The highest BCUT2D eigenvalue weighted by molar-refractivity contribution is 5.80. The van der Waals surface area contributed by atoms with E-state index in [1.54, 1.807) is 0 Å². The summed E-state index contributed by atoms with van der Waals surface area (Å²) in [7, 11) is 0. The second kappa shape index (κ2) is 1.84. The van der Waals surface area contributed by atoms with Crippen molar-refractivity contribution in [1.82, 2.24) is 10.2 Å². The Kier molecular flexibility index (Phi) is 1.01. The van der Waals surface area contributed by atoms with Crippen molar-refractivity contribution in [2.45, 2.75) is 6.92 Å². The minimum atomic E-state index is 0.986. The normalized spacial score (nSPS) is 10.5. The molecule has 2 aromatic rings. The molecule has 0 saturated heterocycles. The molecule has 1 aromatic carbocycles. The highest BCUT2D eigenvalue weighted by Crippen LogP contribution is 2.12. The molecule has 2 rings (SSSR count). The third kappa shape index (κ3) is 0.620. The van der Waals surface area contributed by atoms with Crippen molar-refractivity contribution in [3.63, 3.8) is 0 Å². The third-order valence-corrected chi connectivity index (χ3v) is 1.60. The molecule has 0 unspecified atom stereocenters. The molecular formula is C8H7N2-. The summed E-state index contributed by atoms with van der Waals surface area (Å²) >= 11 is 0. The summed E-state index contributed by atoms with van der Waals surface area (Å²) in [6, 6.07) is 7.97. The van der Waals surface area contributed by atoms with E-state index in [0.29, 0.717) is 0 Å². The Morgan fingerprint density at radius 2 is 2.10 bits per heavy atom.